The van der Waals surface area contributed by atoms with E-state index < -0.39 is 0 Å². The highest BCUT2D eigenvalue weighted by atomic mass is 15.3. The molecule has 2 saturated carbocycles. The van der Waals surface area contributed by atoms with Gasteiger partial charge in [-0.15, -0.1) is 0 Å². The quantitative estimate of drug-likeness (QED) is 0.800. The number of aromatic nitrogens is 3. The molecule has 1 aromatic heterocycles. The van der Waals surface area contributed by atoms with E-state index in [0.717, 1.165) is 43.7 Å². The van der Waals surface area contributed by atoms with E-state index in [9.17, 15) is 0 Å². The number of hydrogen-bond acceptors (Lipinski definition) is 3. The van der Waals surface area contributed by atoms with Crippen LogP contribution in [-0.4, -0.2) is 27.4 Å². The Kier molecular flexibility index (Phi) is 4.94. The van der Waals surface area contributed by atoms with Gasteiger partial charge in [-0.05, 0) is 56.4 Å². The second-order valence-electron chi connectivity index (χ2n) is 7.00. The zero-order chi connectivity index (χ0) is 14.7. The number of rotatable bonds is 8. The van der Waals surface area contributed by atoms with E-state index in [1.54, 1.807) is 6.33 Å². The highest BCUT2D eigenvalue weighted by molar-refractivity contribution is 4.99. The predicted octanol–water partition coefficient (Wildman–Crippen LogP) is 3.04. The van der Waals surface area contributed by atoms with Crippen LogP contribution in [0.3, 0.4) is 0 Å². The Balaban J connectivity index is 1.68. The zero-order valence-electron chi connectivity index (χ0n) is 13.6. The number of nitrogens with zero attached hydrogens (tertiary/aromatic N) is 3. The van der Waals surface area contributed by atoms with Gasteiger partial charge in [-0.1, -0.05) is 20.3 Å². The third-order valence-corrected chi connectivity index (χ3v) is 5.50. The van der Waals surface area contributed by atoms with E-state index in [1.807, 2.05) is 0 Å². The van der Waals surface area contributed by atoms with Crippen LogP contribution in [0.2, 0.25) is 0 Å². The molecule has 0 aromatic carbocycles. The Morgan fingerprint density at radius 1 is 1.29 bits per heavy atom. The van der Waals surface area contributed by atoms with Gasteiger partial charge in [0.1, 0.15) is 12.2 Å². The van der Waals surface area contributed by atoms with E-state index in [4.69, 9.17) is 0 Å². The normalized spacial score (nSPS) is 29.1. The largest absolute Gasteiger partial charge is 0.313 e. The molecule has 1 N–H and O–H groups in total. The van der Waals surface area contributed by atoms with Gasteiger partial charge >= 0.3 is 0 Å². The fourth-order valence-corrected chi connectivity index (χ4v) is 4.53. The van der Waals surface area contributed by atoms with Crippen molar-refractivity contribution in [3.05, 3.63) is 12.2 Å². The summed E-state index contributed by atoms with van der Waals surface area (Å²) in [4.78, 5) is 4.53. The van der Waals surface area contributed by atoms with Crippen molar-refractivity contribution in [1.82, 2.24) is 20.1 Å². The van der Waals surface area contributed by atoms with Crippen LogP contribution in [0, 0.1) is 17.8 Å². The van der Waals surface area contributed by atoms with Crippen LogP contribution in [0.25, 0.3) is 0 Å². The minimum absolute atomic E-state index is 0.597. The van der Waals surface area contributed by atoms with Crippen molar-refractivity contribution >= 4 is 0 Å². The first kappa shape index (κ1) is 15.0. The molecule has 0 saturated heterocycles. The molecule has 0 aliphatic heterocycles. The molecule has 0 amide bonds. The smallest absolute Gasteiger partial charge is 0.138 e. The van der Waals surface area contributed by atoms with Gasteiger partial charge in [-0.3, -0.25) is 4.68 Å². The molecule has 0 spiro atoms. The molecule has 1 heterocycles. The van der Waals surface area contributed by atoms with Gasteiger partial charge in [-0.2, -0.15) is 5.10 Å². The highest BCUT2D eigenvalue weighted by Gasteiger charge is 2.43. The standard InChI is InChI=1S/C17H30N4/c1-3-7-18-16(15-10-13-5-6-14(15)9-13)11-17-19-12-20-21(17)8-4-2/h12-16,18H,3-11H2,1-2H3. The van der Waals surface area contributed by atoms with Gasteiger partial charge in [0.15, 0.2) is 0 Å². The van der Waals surface area contributed by atoms with E-state index in [-0.39, 0.29) is 0 Å². The summed E-state index contributed by atoms with van der Waals surface area (Å²) in [6, 6.07) is 0.597. The van der Waals surface area contributed by atoms with Gasteiger partial charge in [0.25, 0.3) is 0 Å². The van der Waals surface area contributed by atoms with Crippen molar-refractivity contribution < 1.29 is 0 Å². The van der Waals surface area contributed by atoms with Crippen molar-refractivity contribution in [1.29, 1.82) is 0 Å². The topological polar surface area (TPSA) is 42.7 Å². The molecule has 3 rings (SSSR count). The summed E-state index contributed by atoms with van der Waals surface area (Å²) in [5.74, 6) is 4.02. The van der Waals surface area contributed by atoms with Gasteiger partial charge in [0, 0.05) is 19.0 Å². The summed E-state index contributed by atoms with van der Waals surface area (Å²) in [6.07, 6.45) is 11.0. The van der Waals surface area contributed by atoms with Crippen LogP contribution < -0.4 is 5.32 Å². The first-order valence-corrected chi connectivity index (χ1v) is 8.91. The van der Waals surface area contributed by atoms with E-state index in [1.165, 1.54) is 37.9 Å². The maximum Gasteiger partial charge on any atom is 0.138 e. The third kappa shape index (κ3) is 3.31. The van der Waals surface area contributed by atoms with Crippen LogP contribution in [0.1, 0.15) is 58.2 Å². The number of fused-ring (bicyclic) bond motifs is 2. The Bertz CT molecular complexity index is 442. The van der Waals surface area contributed by atoms with Gasteiger partial charge in [-0.25, -0.2) is 4.98 Å². The number of nitrogens with one attached hydrogen (secondary N) is 1. The molecule has 2 aliphatic carbocycles. The molecular formula is C17H30N4. The van der Waals surface area contributed by atoms with Gasteiger partial charge in [0.05, 0.1) is 0 Å². The van der Waals surface area contributed by atoms with Crippen molar-refractivity contribution in [2.24, 2.45) is 17.8 Å². The molecule has 1 aromatic rings. The number of hydrogen-bond donors (Lipinski definition) is 1. The average Bonchev–Trinajstić information content (AvgIpc) is 3.20. The average molecular weight is 290 g/mol. The Hall–Kier alpha value is -0.900. The van der Waals surface area contributed by atoms with Crippen LogP contribution in [0.15, 0.2) is 6.33 Å². The first-order chi connectivity index (χ1) is 10.3. The molecule has 4 nitrogen and oxygen atoms in total. The van der Waals surface area contributed by atoms with Crippen LogP contribution in [0.5, 0.6) is 0 Å². The fraction of sp³-hybridized carbons (Fsp3) is 0.882. The van der Waals surface area contributed by atoms with Gasteiger partial charge in [0.2, 0.25) is 0 Å². The van der Waals surface area contributed by atoms with Crippen LogP contribution >= 0.6 is 0 Å². The summed E-state index contributed by atoms with van der Waals surface area (Å²) in [5, 5.41) is 8.21. The Labute approximate surface area is 128 Å². The molecule has 2 bridgehead atoms. The lowest BCUT2D eigenvalue weighted by molar-refractivity contribution is 0.243. The maximum absolute atomic E-state index is 4.53. The highest BCUT2D eigenvalue weighted by Crippen LogP contribution is 2.49. The monoisotopic (exact) mass is 290 g/mol. The summed E-state index contributed by atoms with van der Waals surface area (Å²) >= 11 is 0. The van der Waals surface area contributed by atoms with Crippen molar-refractivity contribution in [2.75, 3.05) is 6.54 Å². The summed E-state index contributed by atoms with van der Waals surface area (Å²) < 4.78 is 2.10. The predicted molar refractivity (Wildman–Crippen MR) is 85.0 cm³/mol. The minimum Gasteiger partial charge on any atom is -0.313 e. The minimum atomic E-state index is 0.597. The number of aryl methyl sites for hydroxylation is 1. The lowest BCUT2D eigenvalue weighted by atomic mass is 9.82. The summed E-state index contributed by atoms with van der Waals surface area (Å²) in [6.45, 7) is 6.58. The van der Waals surface area contributed by atoms with Crippen molar-refractivity contribution in [3.63, 3.8) is 0 Å². The summed E-state index contributed by atoms with van der Waals surface area (Å²) in [5.41, 5.74) is 0. The lowest BCUT2D eigenvalue weighted by Crippen LogP contribution is -2.41. The van der Waals surface area contributed by atoms with Crippen LogP contribution in [-0.2, 0) is 13.0 Å². The van der Waals surface area contributed by atoms with E-state index >= 15 is 0 Å². The van der Waals surface area contributed by atoms with E-state index in [0.29, 0.717) is 6.04 Å². The molecule has 0 radical (unpaired) electrons. The molecular weight excluding hydrogens is 260 g/mol. The first-order valence-electron chi connectivity index (χ1n) is 8.91. The van der Waals surface area contributed by atoms with Crippen molar-refractivity contribution in [3.8, 4) is 0 Å². The van der Waals surface area contributed by atoms with Crippen LogP contribution in [0.4, 0.5) is 0 Å². The molecule has 4 atom stereocenters. The van der Waals surface area contributed by atoms with Crippen molar-refractivity contribution in [2.45, 2.75) is 71.4 Å². The van der Waals surface area contributed by atoms with Gasteiger partial charge < -0.3 is 5.32 Å². The second-order valence-corrected chi connectivity index (χ2v) is 7.00. The Morgan fingerprint density at radius 2 is 2.19 bits per heavy atom. The van der Waals surface area contributed by atoms with E-state index in [2.05, 4.69) is 33.9 Å². The maximum atomic E-state index is 4.53. The molecule has 2 aliphatic rings. The Morgan fingerprint density at radius 3 is 2.86 bits per heavy atom. The summed E-state index contributed by atoms with van der Waals surface area (Å²) in [7, 11) is 0. The fourth-order valence-electron chi connectivity index (χ4n) is 4.53. The SMILES string of the molecule is CCCNC(Cc1ncnn1CCC)C1CC2CCC1C2. The molecule has 21 heavy (non-hydrogen) atoms. The third-order valence-electron chi connectivity index (χ3n) is 5.50. The molecule has 4 unspecified atom stereocenters. The molecule has 2 fully saturated rings. The molecule has 118 valence electrons. The second kappa shape index (κ2) is 6.91. The lowest BCUT2D eigenvalue weighted by Gasteiger charge is -2.31. The zero-order valence-corrected chi connectivity index (χ0v) is 13.6. The molecule has 4 heteroatoms.